The van der Waals surface area contributed by atoms with E-state index in [2.05, 4.69) is 10.3 Å². The molecular weight excluding hydrogens is 349 g/mol. The van der Waals surface area contributed by atoms with Crippen LogP contribution in [0, 0.1) is 13.8 Å². The molecule has 0 spiro atoms. The van der Waals surface area contributed by atoms with E-state index in [0.717, 1.165) is 16.8 Å². The first-order valence-corrected chi connectivity index (χ1v) is 7.98. The number of para-hydroxylation sites is 1. The highest BCUT2D eigenvalue weighted by molar-refractivity contribution is 6.34. The summed E-state index contributed by atoms with van der Waals surface area (Å²) in [6.07, 6.45) is 0. The lowest BCUT2D eigenvalue weighted by atomic mass is 10.1. The number of pyridine rings is 1. The van der Waals surface area contributed by atoms with Crippen LogP contribution in [0.1, 0.15) is 21.6 Å². The number of anilines is 1. The number of nitrogens with zero attached hydrogens (tertiary/aromatic N) is 2. The molecule has 0 saturated heterocycles. The summed E-state index contributed by atoms with van der Waals surface area (Å²) in [5.41, 5.74) is 2.68. The first kappa shape index (κ1) is 18.2. The minimum Gasteiger partial charge on any atom is -0.331 e. The molecule has 1 N–H and O–H groups in total. The number of benzene rings is 1. The van der Waals surface area contributed by atoms with Crippen LogP contribution in [0.5, 0.6) is 0 Å². The quantitative estimate of drug-likeness (QED) is 0.839. The number of aryl methyl sites for hydroxylation is 2. The van der Waals surface area contributed by atoms with Gasteiger partial charge in [0.15, 0.2) is 0 Å². The van der Waals surface area contributed by atoms with Gasteiger partial charge in [-0.2, -0.15) is 0 Å². The monoisotopic (exact) mass is 365 g/mol. The molecule has 1 aromatic heterocycles. The summed E-state index contributed by atoms with van der Waals surface area (Å²) in [6, 6.07) is 8.73. The predicted octanol–water partition coefficient (Wildman–Crippen LogP) is 3.72. The van der Waals surface area contributed by atoms with E-state index < -0.39 is 5.91 Å². The number of halogens is 2. The summed E-state index contributed by atoms with van der Waals surface area (Å²) in [5.74, 6) is -0.777. The normalized spacial score (nSPS) is 10.4. The Kier molecular flexibility index (Phi) is 5.80. The number of aromatic nitrogens is 1. The number of carbonyl (C=O) groups is 2. The second kappa shape index (κ2) is 7.64. The topological polar surface area (TPSA) is 62.3 Å². The first-order valence-electron chi connectivity index (χ1n) is 7.23. The van der Waals surface area contributed by atoms with Crippen molar-refractivity contribution < 1.29 is 9.59 Å². The third-order valence-electron chi connectivity index (χ3n) is 3.49. The minimum absolute atomic E-state index is 0.0199. The van der Waals surface area contributed by atoms with Gasteiger partial charge < -0.3 is 10.2 Å². The zero-order valence-corrected chi connectivity index (χ0v) is 15.1. The van der Waals surface area contributed by atoms with Gasteiger partial charge in [-0.15, -0.1) is 0 Å². The highest BCUT2D eigenvalue weighted by Gasteiger charge is 2.20. The van der Waals surface area contributed by atoms with Crippen molar-refractivity contribution in [2.24, 2.45) is 0 Å². The van der Waals surface area contributed by atoms with E-state index in [1.54, 1.807) is 0 Å². The molecule has 5 nitrogen and oxygen atoms in total. The van der Waals surface area contributed by atoms with Crippen LogP contribution in [0.15, 0.2) is 30.3 Å². The molecule has 1 aromatic carbocycles. The fourth-order valence-electron chi connectivity index (χ4n) is 2.23. The van der Waals surface area contributed by atoms with Crippen molar-refractivity contribution in [3.8, 4) is 0 Å². The van der Waals surface area contributed by atoms with Crippen molar-refractivity contribution in [1.82, 2.24) is 9.88 Å². The van der Waals surface area contributed by atoms with Gasteiger partial charge in [-0.1, -0.05) is 41.4 Å². The molecule has 0 saturated carbocycles. The maximum atomic E-state index is 12.4. The number of rotatable bonds is 4. The molecule has 24 heavy (non-hydrogen) atoms. The number of amides is 2. The Labute approximate surface area is 150 Å². The SMILES string of the molecule is Cc1cccc(C)c1NC(=O)CN(C)C(=O)c1nc(Cl)ccc1Cl. The molecule has 126 valence electrons. The van der Waals surface area contributed by atoms with E-state index in [0.29, 0.717) is 0 Å². The summed E-state index contributed by atoms with van der Waals surface area (Å²) >= 11 is 11.8. The summed E-state index contributed by atoms with van der Waals surface area (Å²) in [6.45, 7) is 3.69. The summed E-state index contributed by atoms with van der Waals surface area (Å²) in [5, 5.41) is 3.18. The van der Waals surface area contributed by atoms with Gasteiger partial charge in [0.05, 0.1) is 11.6 Å². The van der Waals surface area contributed by atoms with Crippen molar-refractivity contribution in [1.29, 1.82) is 0 Å². The predicted molar refractivity (Wildman–Crippen MR) is 95.8 cm³/mol. The molecule has 1 heterocycles. The smallest absolute Gasteiger partial charge is 0.274 e. The van der Waals surface area contributed by atoms with Gasteiger partial charge in [0.25, 0.3) is 5.91 Å². The van der Waals surface area contributed by atoms with Crippen LogP contribution in [0.4, 0.5) is 5.69 Å². The summed E-state index contributed by atoms with van der Waals surface area (Å²) in [4.78, 5) is 29.8. The average molecular weight is 366 g/mol. The van der Waals surface area contributed by atoms with Gasteiger partial charge >= 0.3 is 0 Å². The number of hydrogen-bond acceptors (Lipinski definition) is 3. The molecular formula is C17H17Cl2N3O2. The Morgan fingerprint density at radius 2 is 1.75 bits per heavy atom. The van der Waals surface area contributed by atoms with E-state index in [4.69, 9.17) is 23.2 Å². The highest BCUT2D eigenvalue weighted by Crippen LogP contribution is 2.20. The molecule has 0 aliphatic heterocycles. The van der Waals surface area contributed by atoms with Crippen molar-refractivity contribution in [2.75, 3.05) is 18.9 Å². The summed E-state index contributed by atoms with van der Waals surface area (Å²) < 4.78 is 0. The Hall–Kier alpha value is -2.11. The third kappa shape index (κ3) is 4.24. The standard InChI is InChI=1S/C17H17Cl2N3O2/c1-10-5-4-6-11(2)15(10)21-14(23)9-22(3)17(24)16-12(18)7-8-13(19)20-16/h4-8H,9H2,1-3H3,(H,21,23). The fraction of sp³-hybridized carbons (Fsp3) is 0.235. The van der Waals surface area contributed by atoms with Gasteiger partial charge in [0.2, 0.25) is 5.91 Å². The molecule has 0 fully saturated rings. The lowest BCUT2D eigenvalue weighted by Crippen LogP contribution is -2.35. The molecule has 2 rings (SSSR count). The number of likely N-dealkylation sites (N-methyl/N-ethyl adjacent to an activating group) is 1. The molecule has 0 bridgehead atoms. The van der Waals surface area contributed by atoms with Crippen LogP contribution in [0.25, 0.3) is 0 Å². The lowest BCUT2D eigenvalue weighted by Gasteiger charge is -2.18. The van der Waals surface area contributed by atoms with Gasteiger partial charge in [0, 0.05) is 12.7 Å². The maximum Gasteiger partial charge on any atom is 0.274 e. The van der Waals surface area contributed by atoms with Crippen molar-refractivity contribution in [3.05, 3.63) is 57.3 Å². The van der Waals surface area contributed by atoms with Crippen LogP contribution in [0.2, 0.25) is 10.2 Å². The van der Waals surface area contributed by atoms with E-state index in [1.807, 2.05) is 32.0 Å². The average Bonchev–Trinajstić information content (AvgIpc) is 2.52. The van der Waals surface area contributed by atoms with Crippen LogP contribution in [-0.2, 0) is 4.79 Å². The first-order chi connectivity index (χ1) is 11.3. The second-order valence-electron chi connectivity index (χ2n) is 5.44. The molecule has 0 unspecified atom stereocenters. The maximum absolute atomic E-state index is 12.4. The number of hydrogen-bond donors (Lipinski definition) is 1. The summed E-state index contributed by atoms with van der Waals surface area (Å²) in [7, 11) is 1.51. The Balaban J connectivity index is 2.08. The molecule has 0 atom stereocenters. The molecule has 0 aliphatic carbocycles. The van der Waals surface area contributed by atoms with Gasteiger partial charge in [-0.05, 0) is 37.1 Å². The third-order valence-corrected chi connectivity index (χ3v) is 4.00. The Morgan fingerprint density at radius 1 is 1.12 bits per heavy atom. The van der Waals surface area contributed by atoms with Crippen LogP contribution in [-0.4, -0.2) is 35.3 Å². The van der Waals surface area contributed by atoms with Crippen molar-refractivity contribution in [2.45, 2.75) is 13.8 Å². The molecule has 0 radical (unpaired) electrons. The molecule has 2 aromatic rings. The molecule has 2 amide bonds. The number of carbonyl (C=O) groups excluding carboxylic acids is 2. The molecule has 7 heteroatoms. The number of nitrogens with one attached hydrogen (secondary N) is 1. The van der Waals surface area contributed by atoms with E-state index >= 15 is 0 Å². The Bertz CT molecular complexity index is 773. The highest BCUT2D eigenvalue weighted by atomic mass is 35.5. The fourth-order valence-corrected chi connectivity index (χ4v) is 2.56. The van der Waals surface area contributed by atoms with Crippen molar-refractivity contribution >= 4 is 40.7 Å². The van der Waals surface area contributed by atoms with Crippen molar-refractivity contribution in [3.63, 3.8) is 0 Å². The lowest BCUT2D eigenvalue weighted by molar-refractivity contribution is -0.116. The Morgan fingerprint density at radius 3 is 2.38 bits per heavy atom. The second-order valence-corrected chi connectivity index (χ2v) is 6.24. The molecule has 0 aliphatic rings. The van der Waals surface area contributed by atoms with Crippen LogP contribution in [0.3, 0.4) is 0 Å². The zero-order chi connectivity index (χ0) is 17.9. The largest absolute Gasteiger partial charge is 0.331 e. The minimum atomic E-state index is -0.473. The van der Waals surface area contributed by atoms with Crippen LogP contribution < -0.4 is 5.32 Å². The zero-order valence-electron chi connectivity index (χ0n) is 13.6. The van der Waals surface area contributed by atoms with Gasteiger partial charge in [-0.25, -0.2) is 4.98 Å². The van der Waals surface area contributed by atoms with Crippen LogP contribution >= 0.6 is 23.2 Å². The van der Waals surface area contributed by atoms with E-state index in [1.165, 1.54) is 24.1 Å². The van der Waals surface area contributed by atoms with Gasteiger partial charge in [0.1, 0.15) is 10.8 Å². The van der Waals surface area contributed by atoms with E-state index in [9.17, 15) is 9.59 Å². The van der Waals surface area contributed by atoms with E-state index in [-0.39, 0.29) is 28.3 Å². The van der Waals surface area contributed by atoms with Gasteiger partial charge in [-0.3, -0.25) is 9.59 Å².